The molecule has 42 valence electrons. The monoisotopic (exact) mass is 126 g/mol. The third kappa shape index (κ3) is 3.46. The van der Waals surface area contributed by atoms with Gasteiger partial charge in [-0.05, 0) is 0 Å². The molecule has 0 amide bonds. The van der Waals surface area contributed by atoms with Crippen LogP contribution in [0, 0.1) is 0 Å². The van der Waals surface area contributed by atoms with Crippen LogP contribution in [-0.4, -0.2) is 13.3 Å². The van der Waals surface area contributed by atoms with Crippen LogP contribution in [0.1, 0.15) is 0 Å². The van der Waals surface area contributed by atoms with Gasteiger partial charge in [-0.3, -0.25) is 0 Å². The Labute approximate surface area is 41.8 Å². The van der Waals surface area contributed by atoms with Crippen molar-refractivity contribution in [2.24, 2.45) is 0 Å². The molecule has 0 fully saturated rings. The van der Waals surface area contributed by atoms with Crippen LogP contribution in [0.5, 0.6) is 0 Å². The largest absolute Gasteiger partial charge is 0.512 e. The number of ether oxygens (including phenoxy) is 1. The van der Waals surface area contributed by atoms with E-state index in [9.17, 15) is 8.99 Å². The molecule has 0 N–H and O–H groups in total. The van der Waals surface area contributed by atoms with Crippen LogP contribution in [0.2, 0.25) is 0 Å². The quantitative estimate of drug-likeness (QED) is 0.391. The second-order valence-corrected chi connectivity index (χ2v) is 0.992. The second-order valence-electron chi connectivity index (χ2n) is 0.633. The van der Waals surface area contributed by atoms with E-state index in [-0.39, 0.29) is 0 Å². The Balaban J connectivity index is 3.00. The van der Waals surface area contributed by atoms with Gasteiger partial charge in [0.15, 0.2) is 0 Å². The number of rotatable bonds is 1. The van der Waals surface area contributed by atoms with E-state index in [2.05, 4.69) is 9.26 Å². The molecule has 1 unspecified atom stereocenters. The first-order chi connectivity index (χ1) is 3.31. The average molecular weight is 126 g/mol. The summed E-state index contributed by atoms with van der Waals surface area (Å²) in [5.41, 5.74) is 0. The van der Waals surface area contributed by atoms with Gasteiger partial charge in [-0.1, -0.05) is 0 Å². The predicted octanol–water partition coefficient (Wildman–Crippen LogP) is 1.25. The van der Waals surface area contributed by atoms with Crippen LogP contribution in [0.4, 0.5) is 8.99 Å². The fraction of sp³-hybridized carbons (Fsp3) is 0.500. The van der Waals surface area contributed by atoms with Crippen LogP contribution in [0.3, 0.4) is 0 Å². The van der Waals surface area contributed by atoms with Crippen molar-refractivity contribution in [3.05, 3.63) is 0 Å². The zero-order chi connectivity index (χ0) is 5.70. The van der Waals surface area contributed by atoms with Gasteiger partial charge in [0.05, 0.1) is 7.11 Å². The first-order valence-corrected chi connectivity index (χ1v) is 2.20. The lowest BCUT2D eigenvalue weighted by molar-refractivity contribution is 0.126. The lowest BCUT2D eigenvalue weighted by atomic mass is 11.4. The Bertz CT molecular complexity index is 66.0. The van der Waals surface area contributed by atoms with Crippen molar-refractivity contribution in [2.45, 2.75) is 0 Å². The summed E-state index contributed by atoms with van der Waals surface area (Å²) in [5.74, 6) is 0. The molecular weight excluding hydrogens is 122 g/mol. The van der Waals surface area contributed by atoms with Crippen molar-refractivity contribution in [2.75, 3.05) is 7.11 Å². The molecule has 0 radical (unpaired) electrons. The third-order valence-electron chi connectivity index (χ3n) is 0.289. The summed E-state index contributed by atoms with van der Waals surface area (Å²) in [7, 11) is -0.216. The van der Waals surface area contributed by atoms with Gasteiger partial charge in [0.2, 0.25) is 0 Å². The highest BCUT2D eigenvalue weighted by Gasteiger charge is 1.95. The van der Waals surface area contributed by atoms with E-state index in [1.54, 1.807) is 0 Å². The maximum atomic E-state index is 10.9. The molecule has 0 aliphatic rings. The molecule has 0 saturated carbocycles. The number of halogens is 1. The van der Waals surface area contributed by atoms with E-state index in [0.29, 0.717) is 0 Å². The molecule has 0 rings (SSSR count). The van der Waals surface area contributed by atoms with Crippen molar-refractivity contribution in [3.8, 4) is 0 Å². The number of carbonyl (C=O) groups is 1. The highest BCUT2D eigenvalue weighted by atomic mass is 31.1. The van der Waals surface area contributed by atoms with E-state index in [0.717, 1.165) is 7.11 Å². The zero-order valence-corrected chi connectivity index (χ0v) is 4.60. The van der Waals surface area contributed by atoms with E-state index in [4.69, 9.17) is 0 Å². The Kier molecular flexibility index (Phi) is 3.61. The van der Waals surface area contributed by atoms with Crippen molar-refractivity contribution in [1.82, 2.24) is 0 Å². The van der Waals surface area contributed by atoms with Gasteiger partial charge in [-0.25, -0.2) is 4.79 Å². The maximum absolute atomic E-state index is 10.9. The van der Waals surface area contributed by atoms with Gasteiger partial charge in [0.25, 0.3) is 9.12 Å². The lowest BCUT2D eigenvalue weighted by Crippen LogP contribution is -1.94. The molecule has 7 heavy (non-hydrogen) atoms. The second kappa shape index (κ2) is 3.81. The van der Waals surface area contributed by atoms with Gasteiger partial charge in [-0.2, -0.15) is 4.20 Å². The topological polar surface area (TPSA) is 35.5 Å². The van der Waals surface area contributed by atoms with Crippen LogP contribution in [-0.2, 0) is 9.26 Å². The minimum atomic E-state index is -1.33. The Morgan fingerprint density at radius 3 is 2.57 bits per heavy atom. The van der Waals surface area contributed by atoms with Crippen LogP contribution in [0.25, 0.3) is 0 Å². The smallest absolute Gasteiger partial charge is 0.437 e. The molecule has 0 aliphatic heterocycles. The Morgan fingerprint density at radius 2 is 2.43 bits per heavy atom. The number of hydrogen-bond donors (Lipinski definition) is 0. The van der Waals surface area contributed by atoms with E-state index < -0.39 is 15.3 Å². The van der Waals surface area contributed by atoms with Crippen molar-refractivity contribution in [3.63, 3.8) is 0 Å². The molecule has 0 bridgehead atoms. The first-order valence-electron chi connectivity index (χ1n) is 1.41. The van der Waals surface area contributed by atoms with Crippen LogP contribution in [0.15, 0.2) is 0 Å². The molecule has 5 heteroatoms. The van der Waals surface area contributed by atoms with Crippen molar-refractivity contribution >= 4 is 15.3 Å². The minimum Gasteiger partial charge on any atom is -0.437 e. The summed E-state index contributed by atoms with van der Waals surface area (Å²) in [5, 5.41) is 0. The molecular formula is C2H4FO3P. The van der Waals surface area contributed by atoms with E-state index in [1.165, 1.54) is 0 Å². The van der Waals surface area contributed by atoms with Crippen LogP contribution >= 0.6 is 9.12 Å². The Morgan fingerprint density at radius 1 is 1.86 bits per heavy atom. The maximum Gasteiger partial charge on any atom is 0.512 e. The predicted molar refractivity (Wildman–Crippen MR) is 22.9 cm³/mol. The summed E-state index contributed by atoms with van der Waals surface area (Å²) in [6, 6.07) is 0. The summed E-state index contributed by atoms with van der Waals surface area (Å²) in [6.45, 7) is 0. The third-order valence-corrected chi connectivity index (χ3v) is 0.532. The van der Waals surface area contributed by atoms with Crippen LogP contribution < -0.4 is 0 Å². The van der Waals surface area contributed by atoms with Gasteiger partial charge in [-0.15, -0.1) is 0 Å². The molecule has 1 atom stereocenters. The van der Waals surface area contributed by atoms with Crippen molar-refractivity contribution in [1.29, 1.82) is 0 Å². The molecule has 0 saturated heterocycles. The zero-order valence-electron chi connectivity index (χ0n) is 3.60. The highest BCUT2D eigenvalue weighted by Crippen LogP contribution is 2.11. The van der Waals surface area contributed by atoms with Gasteiger partial charge in [0, 0.05) is 0 Å². The standard InChI is InChI=1S/C2H4FO3P/c1-5-2(4)6-7-3/h7H,1H3. The fourth-order valence-corrected chi connectivity index (χ4v) is 0.219. The first kappa shape index (κ1) is 6.63. The van der Waals surface area contributed by atoms with Gasteiger partial charge >= 0.3 is 6.16 Å². The highest BCUT2D eigenvalue weighted by molar-refractivity contribution is 7.26. The lowest BCUT2D eigenvalue weighted by Gasteiger charge is -1.91. The van der Waals surface area contributed by atoms with Crippen molar-refractivity contribution < 1.29 is 18.3 Å². The molecule has 3 nitrogen and oxygen atoms in total. The van der Waals surface area contributed by atoms with E-state index >= 15 is 0 Å². The molecule has 0 heterocycles. The number of methoxy groups -OCH3 is 1. The molecule has 0 aromatic rings. The van der Waals surface area contributed by atoms with Gasteiger partial charge in [0.1, 0.15) is 0 Å². The normalized spacial score (nSPS) is 9.43. The molecule has 0 spiro atoms. The summed E-state index contributed by atoms with van der Waals surface area (Å²) >= 11 is 0. The number of carbonyl (C=O) groups excluding carboxylic acids is 1. The fourth-order valence-electron chi connectivity index (χ4n) is 0.0732. The number of hydrogen-bond acceptors (Lipinski definition) is 3. The summed E-state index contributed by atoms with van der Waals surface area (Å²) in [6.07, 6.45) is -0.985. The average Bonchev–Trinajstić information content (AvgIpc) is 1.68. The Hall–Kier alpha value is -0.370. The molecule has 0 aromatic carbocycles. The molecule has 0 aliphatic carbocycles. The summed E-state index contributed by atoms with van der Waals surface area (Å²) in [4.78, 5) is 9.73. The van der Waals surface area contributed by atoms with Gasteiger partial charge < -0.3 is 9.26 Å². The SMILES string of the molecule is COC(=O)OPF. The summed E-state index contributed by atoms with van der Waals surface area (Å²) < 4.78 is 18.5. The minimum absolute atomic E-state index is 0.985. The van der Waals surface area contributed by atoms with E-state index in [1.807, 2.05) is 0 Å². The molecule has 0 aromatic heterocycles.